The minimum atomic E-state index is -0.921. The SMILES string of the molecule is Cc1ccc(OCC(=O)N(C)CCC(=O)O)c(C)c1. The van der Waals surface area contributed by atoms with Crippen LogP contribution in [0.5, 0.6) is 5.75 Å². The average molecular weight is 265 g/mol. The van der Waals surface area contributed by atoms with Gasteiger partial charge in [0.2, 0.25) is 0 Å². The quantitative estimate of drug-likeness (QED) is 0.848. The molecule has 0 aliphatic heterocycles. The van der Waals surface area contributed by atoms with Crippen LogP contribution in [0.2, 0.25) is 0 Å². The van der Waals surface area contributed by atoms with Gasteiger partial charge in [-0.15, -0.1) is 0 Å². The Hall–Kier alpha value is -2.04. The highest BCUT2D eigenvalue weighted by atomic mass is 16.5. The third-order valence-electron chi connectivity index (χ3n) is 2.77. The Bertz CT molecular complexity index is 471. The molecule has 19 heavy (non-hydrogen) atoms. The molecule has 5 heteroatoms. The highest BCUT2D eigenvalue weighted by Gasteiger charge is 2.11. The molecule has 1 rings (SSSR count). The summed E-state index contributed by atoms with van der Waals surface area (Å²) in [7, 11) is 1.57. The van der Waals surface area contributed by atoms with E-state index in [-0.39, 0.29) is 25.5 Å². The minimum absolute atomic E-state index is 0.0637. The number of benzene rings is 1. The standard InChI is InChI=1S/C14H19NO4/c1-10-4-5-12(11(2)8-10)19-9-13(16)15(3)7-6-14(17)18/h4-5,8H,6-7,9H2,1-3H3,(H,17,18). The first-order chi connectivity index (χ1) is 8.90. The first-order valence-corrected chi connectivity index (χ1v) is 6.06. The lowest BCUT2D eigenvalue weighted by Crippen LogP contribution is -2.33. The molecule has 0 aromatic heterocycles. The number of carbonyl (C=O) groups is 2. The van der Waals surface area contributed by atoms with Crippen molar-refractivity contribution in [3.63, 3.8) is 0 Å². The highest BCUT2D eigenvalue weighted by Crippen LogP contribution is 2.18. The molecule has 0 spiro atoms. The number of likely N-dealkylation sites (N-methyl/N-ethyl adjacent to an activating group) is 1. The van der Waals surface area contributed by atoms with E-state index in [9.17, 15) is 9.59 Å². The monoisotopic (exact) mass is 265 g/mol. The molecule has 0 aliphatic rings. The normalized spacial score (nSPS) is 10.1. The summed E-state index contributed by atoms with van der Waals surface area (Å²) < 4.78 is 5.44. The molecular formula is C14H19NO4. The van der Waals surface area contributed by atoms with Crippen LogP contribution in [-0.4, -0.2) is 42.1 Å². The van der Waals surface area contributed by atoms with Gasteiger partial charge in [-0.2, -0.15) is 0 Å². The fraction of sp³-hybridized carbons (Fsp3) is 0.429. The van der Waals surface area contributed by atoms with Gasteiger partial charge in [0, 0.05) is 13.6 Å². The summed E-state index contributed by atoms with van der Waals surface area (Å²) in [5.74, 6) is -0.484. The number of carbonyl (C=O) groups excluding carboxylic acids is 1. The zero-order valence-corrected chi connectivity index (χ0v) is 11.5. The second-order valence-electron chi connectivity index (χ2n) is 4.52. The number of nitrogens with zero attached hydrogens (tertiary/aromatic N) is 1. The van der Waals surface area contributed by atoms with E-state index in [1.807, 2.05) is 32.0 Å². The molecule has 1 aromatic rings. The number of carboxylic acids is 1. The van der Waals surface area contributed by atoms with Gasteiger partial charge in [-0.05, 0) is 25.5 Å². The van der Waals surface area contributed by atoms with Crippen LogP contribution >= 0.6 is 0 Å². The minimum Gasteiger partial charge on any atom is -0.484 e. The van der Waals surface area contributed by atoms with E-state index in [1.54, 1.807) is 7.05 Å². The maximum absolute atomic E-state index is 11.7. The van der Waals surface area contributed by atoms with Crippen LogP contribution < -0.4 is 4.74 Å². The third-order valence-corrected chi connectivity index (χ3v) is 2.77. The van der Waals surface area contributed by atoms with Crippen molar-refractivity contribution in [2.24, 2.45) is 0 Å². The lowest BCUT2D eigenvalue weighted by Gasteiger charge is -2.17. The summed E-state index contributed by atoms with van der Waals surface area (Å²) in [6.07, 6.45) is -0.0637. The molecule has 104 valence electrons. The van der Waals surface area contributed by atoms with Crippen LogP contribution in [0.15, 0.2) is 18.2 Å². The fourth-order valence-electron chi connectivity index (χ4n) is 1.60. The maximum atomic E-state index is 11.7. The average Bonchev–Trinajstić information content (AvgIpc) is 2.34. The third kappa shape index (κ3) is 4.99. The molecule has 0 fully saturated rings. The number of rotatable bonds is 6. The van der Waals surface area contributed by atoms with E-state index in [0.717, 1.165) is 11.1 Å². The second kappa shape index (κ2) is 6.78. The van der Waals surface area contributed by atoms with Crippen molar-refractivity contribution in [1.82, 2.24) is 4.90 Å². The van der Waals surface area contributed by atoms with Crippen molar-refractivity contribution in [2.45, 2.75) is 20.3 Å². The van der Waals surface area contributed by atoms with E-state index >= 15 is 0 Å². The molecule has 0 heterocycles. The maximum Gasteiger partial charge on any atom is 0.305 e. The van der Waals surface area contributed by atoms with E-state index in [1.165, 1.54) is 4.90 Å². The largest absolute Gasteiger partial charge is 0.484 e. The molecule has 1 N–H and O–H groups in total. The van der Waals surface area contributed by atoms with Crippen molar-refractivity contribution < 1.29 is 19.4 Å². The van der Waals surface area contributed by atoms with E-state index < -0.39 is 5.97 Å². The number of hydrogen-bond donors (Lipinski definition) is 1. The summed E-state index contributed by atoms with van der Waals surface area (Å²) in [5.41, 5.74) is 2.11. The number of amides is 1. The van der Waals surface area contributed by atoms with Crippen LogP contribution in [0.4, 0.5) is 0 Å². The molecular weight excluding hydrogens is 246 g/mol. The van der Waals surface area contributed by atoms with Crippen molar-refractivity contribution in [2.75, 3.05) is 20.2 Å². The van der Waals surface area contributed by atoms with Crippen LogP contribution in [0, 0.1) is 13.8 Å². The van der Waals surface area contributed by atoms with Crippen molar-refractivity contribution in [3.8, 4) is 5.75 Å². The van der Waals surface area contributed by atoms with Gasteiger partial charge in [0.15, 0.2) is 6.61 Å². The highest BCUT2D eigenvalue weighted by molar-refractivity contribution is 5.78. The number of aryl methyl sites for hydroxylation is 2. The first-order valence-electron chi connectivity index (χ1n) is 6.06. The number of carboxylic acid groups (broad SMARTS) is 1. The summed E-state index contributed by atoms with van der Waals surface area (Å²) in [6, 6.07) is 5.73. The van der Waals surface area contributed by atoms with E-state index in [0.29, 0.717) is 5.75 Å². The number of aliphatic carboxylic acids is 1. The van der Waals surface area contributed by atoms with Gasteiger partial charge in [0.1, 0.15) is 5.75 Å². The Balaban J connectivity index is 2.47. The van der Waals surface area contributed by atoms with Gasteiger partial charge in [-0.25, -0.2) is 0 Å². The van der Waals surface area contributed by atoms with Crippen LogP contribution in [0.25, 0.3) is 0 Å². The molecule has 0 saturated carbocycles. The molecule has 0 unspecified atom stereocenters. The van der Waals surface area contributed by atoms with Gasteiger partial charge in [-0.3, -0.25) is 9.59 Å². The van der Waals surface area contributed by atoms with Gasteiger partial charge >= 0.3 is 5.97 Å². The van der Waals surface area contributed by atoms with Crippen molar-refractivity contribution in [1.29, 1.82) is 0 Å². The lowest BCUT2D eigenvalue weighted by atomic mass is 10.1. The smallest absolute Gasteiger partial charge is 0.305 e. The molecule has 0 bridgehead atoms. The summed E-state index contributed by atoms with van der Waals surface area (Å²) in [6.45, 7) is 4.01. The van der Waals surface area contributed by atoms with Gasteiger partial charge < -0.3 is 14.7 Å². The van der Waals surface area contributed by atoms with Crippen LogP contribution in [-0.2, 0) is 9.59 Å². The van der Waals surface area contributed by atoms with Crippen LogP contribution in [0.3, 0.4) is 0 Å². The molecule has 0 aliphatic carbocycles. The Morgan fingerprint density at radius 3 is 2.58 bits per heavy atom. The Kier molecular flexibility index (Phi) is 5.36. The van der Waals surface area contributed by atoms with Gasteiger partial charge in [0.05, 0.1) is 6.42 Å². The molecule has 5 nitrogen and oxygen atoms in total. The van der Waals surface area contributed by atoms with Crippen molar-refractivity contribution in [3.05, 3.63) is 29.3 Å². The van der Waals surface area contributed by atoms with Crippen molar-refractivity contribution >= 4 is 11.9 Å². The van der Waals surface area contributed by atoms with Gasteiger partial charge in [0.25, 0.3) is 5.91 Å². The first kappa shape index (κ1) is 15.0. The summed E-state index contributed by atoms with van der Waals surface area (Å²) in [5, 5.41) is 8.55. The Labute approximate surface area is 112 Å². The topological polar surface area (TPSA) is 66.8 Å². The zero-order valence-electron chi connectivity index (χ0n) is 11.5. The molecule has 1 amide bonds. The van der Waals surface area contributed by atoms with E-state index in [2.05, 4.69) is 0 Å². The van der Waals surface area contributed by atoms with Gasteiger partial charge in [-0.1, -0.05) is 17.7 Å². The molecule has 0 radical (unpaired) electrons. The van der Waals surface area contributed by atoms with E-state index in [4.69, 9.17) is 9.84 Å². The Morgan fingerprint density at radius 2 is 2.00 bits per heavy atom. The molecule has 0 atom stereocenters. The van der Waals surface area contributed by atoms with Crippen LogP contribution in [0.1, 0.15) is 17.5 Å². The predicted molar refractivity (Wildman–Crippen MR) is 71.3 cm³/mol. The summed E-state index contributed by atoms with van der Waals surface area (Å²) >= 11 is 0. The predicted octanol–water partition coefficient (Wildman–Crippen LogP) is 1.62. The number of hydrogen-bond acceptors (Lipinski definition) is 3. The Morgan fingerprint density at radius 1 is 1.32 bits per heavy atom. The molecule has 0 saturated heterocycles. The number of ether oxygens (including phenoxy) is 1. The second-order valence-corrected chi connectivity index (χ2v) is 4.52. The lowest BCUT2D eigenvalue weighted by molar-refractivity contribution is -0.138. The zero-order chi connectivity index (χ0) is 14.4. The molecule has 1 aromatic carbocycles. The fourth-order valence-corrected chi connectivity index (χ4v) is 1.60. The summed E-state index contributed by atoms with van der Waals surface area (Å²) in [4.78, 5) is 23.5.